The Morgan fingerprint density at radius 2 is 2.35 bits per heavy atom. The molecule has 2 atom stereocenters. The highest BCUT2D eigenvalue weighted by Crippen LogP contribution is 2.23. The van der Waals surface area contributed by atoms with Crippen molar-refractivity contribution >= 4 is 11.3 Å². The Balaban J connectivity index is 1.66. The van der Waals surface area contributed by atoms with Crippen LogP contribution in [0.3, 0.4) is 0 Å². The average Bonchev–Trinajstić information content (AvgIpc) is 2.92. The molecule has 1 aliphatic rings. The lowest BCUT2D eigenvalue weighted by atomic mass is 9.97. The molecule has 1 N–H and O–H groups in total. The van der Waals surface area contributed by atoms with E-state index in [1.807, 2.05) is 18.2 Å². The molecule has 106 valence electrons. The quantitative estimate of drug-likeness (QED) is 0.942. The fourth-order valence-corrected chi connectivity index (χ4v) is 3.37. The minimum atomic E-state index is -0.147. The lowest BCUT2D eigenvalue weighted by Crippen LogP contribution is -2.41. The Hall–Kier alpha value is -1.30. The number of hydrogen-bond donors (Lipinski definition) is 1. The molecule has 0 saturated carbocycles. The van der Waals surface area contributed by atoms with E-state index in [9.17, 15) is 5.11 Å². The molecule has 1 fully saturated rings. The highest BCUT2D eigenvalue weighted by Gasteiger charge is 2.24. The zero-order valence-electron chi connectivity index (χ0n) is 11.6. The number of rotatable bonds is 3. The molecule has 3 rings (SSSR count). The first-order valence-corrected chi connectivity index (χ1v) is 7.86. The Morgan fingerprint density at radius 3 is 3.10 bits per heavy atom. The van der Waals surface area contributed by atoms with Gasteiger partial charge in [-0.25, -0.2) is 4.98 Å². The summed E-state index contributed by atoms with van der Waals surface area (Å²) in [5.41, 5.74) is 2.03. The van der Waals surface area contributed by atoms with Crippen LogP contribution in [0, 0.1) is 5.92 Å². The van der Waals surface area contributed by atoms with Crippen molar-refractivity contribution < 1.29 is 5.11 Å². The Morgan fingerprint density at radius 1 is 1.45 bits per heavy atom. The van der Waals surface area contributed by atoms with Crippen molar-refractivity contribution in [2.75, 3.05) is 13.1 Å². The second kappa shape index (κ2) is 5.99. The van der Waals surface area contributed by atoms with E-state index in [4.69, 9.17) is 0 Å². The van der Waals surface area contributed by atoms with Crippen LogP contribution in [0.4, 0.5) is 0 Å². The molecule has 20 heavy (non-hydrogen) atoms. The summed E-state index contributed by atoms with van der Waals surface area (Å²) >= 11 is 1.64. The van der Waals surface area contributed by atoms with Gasteiger partial charge in [0, 0.05) is 31.2 Å². The first kappa shape index (κ1) is 13.7. The van der Waals surface area contributed by atoms with Gasteiger partial charge in [-0.2, -0.15) is 0 Å². The van der Waals surface area contributed by atoms with Crippen LogP contribution >= 0.6 is 11.3 Å². The van der Waals surface area contributed by atoms with Gasteiger partial charge in [-0.1, -0.05) is 13.0 Å². The van der Waals surface area contributed by atoms with Crippen LogP contribution in [0.2, 0.25) is 0 Å². The predicted octanol–water partition coefficient (Wildman–Crippen LogP) is 2.41. The van der Waals surface area contributed by atoms with E-state index in [1.165, 1.54) is 0 Å². The molecule has 0 amide bonds. The first-order valence-electron chi connectivity index (χ1n) is 6.98. The maximum Gasteiger partial charge on any atom is 0.142 e. The Labute approximate surface area is 123 Å². The second-order valence-electron chi connectivity index (χ2n) is 5.43. The third kappa shape index (κ3) is 3.06. The second-order valence-corrected chi connectivity index (χ2v) is 6.29. The van der Waals surface area contributed by atoms with Crippen molar-refractivity contribution in [3.05, 3.63) is 35.5 Å². The fraction of sp³-hybridized carbons (Fsp3) is 0.467. The number of piperidine rings is 1. The number of aliphatic hydroxyl groups is 1. The molecule has 1 saturated heterocycles. The molecule has 0 spiro atoms. The molecule has 2 aromatic heterocycles. The van der Waals surface area contributed by atoms with E-state index in [0.29, 0.717) is 5.92 Å². The molecule has 1 aliphatic heterocycles. The molecule has 5 heteroatoms. The molecular weight excluding hydrogens is 270 g/mol. The number of hydrogen-bond acceptors (Lipinski definition) is 5. The summed E-state index contributed by atoms with van der Waals surface area (Å²) in [6.07, 6.45) is 2.51. The van der Waals surface area contributed by atoms with E-state index < -0.39 is 0 Å². The van der Waals surface area contributed by atoms with Crippen LogP contribution in [0.15, 0.2) is 29.8 Å². The van der Waals surface area contributed by atoms with Crippen molar-refractivity contribution in [2.24, 2.45) is 5.92 Å². The number of thiazole rings is 1. The van der Waals surface area contributed by atoms with E-state index in [1.54, 1.807) is 17.5 Å². The Bertz CT molecular complexity index is 557. The normalized spacial score (nSPS) is 23.9. The van der Waals surface area contributed by atoms with Gasteiger partial charge in [-0.15, -0.1) is 11.3 Å². The number of aliphatic hydroxyl groups excluding tert-OH is 1. The largest absolute Gasteiger partial charge is 0.393 e. The number of likely N-dealkylation sites (tertiary alicyclic amines) is 1. The standard InChI is InChI=1S/C15H19N3OS/c1-11-8-18(7-5-14(11)19)9-12-10-20-15(17-12)13-4-2-3-6-16-13/h2-4,6,10-11,14,19H,5,7-9H2,1H3. The van der Waals surface area contributed by atoms with Gasteiger partial charge < -0.3 is 5.11 Å². The Kier molecular flexibility index (Phi) is 4.10. The molecule has 2 unspecified atom stereocenters. The summed E-state index contributed by atoms with van der Waals surface area (Å²) in [5, 5.41) is 12.9. The fourth-order valence-electron chi connectivity index (χ4n) is 2.58. The molecule has 0 bridgehead atoms. The molecule has 0 aromatic carbocycles. The SMILES string of the molecule is CC1CN(Cc2csc(-c3ccccn3)n2)CCC1O. The van der Waals surface area contributed by atoms with Gasteiger partial charge in [0.15, 0.2) is 0 Å². The summed E-state index contributed by atoms with van der Waals surface area (Å²) in [7, 11) is 0. The maximum atomic E-state index is 9.77. The van der Waals surface area contributed by atoms with Crippen molar-refractivity contribution in [1.29, 1.82) is 0 Å². The van der Waals surface area contributed by atoms with E-state index in [0.717, 1.165) is 42.5 Å². The third-order valence-electron chi connectivity index (χ3n) is 3.77. The van der Waals surface area contributed by atoms with Gasteiger partial charge in [-0.05, 0) is 24.5 Å². The lowest BCUT2D eigenvalue weighted by Gasteiger charge is -2.33. The van der Waals surface area contributed by atoms with Crippen molar-refractivity contribution in [3.8, 4) is 10.7 Å². The summed E-state index contributed by atoms with van der Waals surface area (Å²) < 4.78 is 0. The third-order valence-corrected chi connectivity index (χ3v) is 4.68. The molecule has 4 nitrogen and oxygen atoms in total. The van der Waals surface area contributed by atoms with Crippen LogP contribution in [-0.4, -0.2) is 39.2 Å². The van der Waals surface area contributed by atoms with Gasteiger partial charge >= 0.3 is 0 Å². The zero-order valence-corrected chi connectivity index (χ0v) is 12.4. The van der Waals surface area contributed by atoms with Crippen LogP contribution in [-0.2, 0) is 6.54 Å². The highest BCUT2D eigenvalue weighted by molar-refractivity contribution is 7.13. The predicted molar refractivity (Wildman–Crippen MR) is 80.4 cm³/mol. The summed E-state index contributed by atoms with van der Waals surface area (Å²) in [5.74, 6) is 0.345. The van der Waals surface area contributed by atoms with Gasteiger partial charge in [-0.3, -0.25) is 9.88 Å². The summed E-state index contributed by atoms with van der Waals surface area (Å²) in [6, 6.07) is 5.89. The number of nitrogens with zero attached hydrogens (tertiary/aromatic N) is 3. The van der Waals surface area contributed by atoms with Gasteiger partial charge in [0.05, 0.1) is 17.5 Å². The highest BCUT2D eigenvalue weighted by atomic mass is 32.1. The minimum Gasteiger partial charge on any atom is -0.393 e. The minimum absolute atomic E-state index is 0.147. The number of pyridine rings is 1. The lowest BCUT2D eigenvalue weighted by molar-refractivity contribution is 0.0316. The van der Waals surface area contributed by atoms with Crippen LogP contribution in [0.5, 0.6) is 0 Å². The van der Waals surface area contributed by atoms with Crippen LogP contribution < -0.4 is 0 Å². The molecule has 2 aromatic rings. The first-order chi connectivity index (χ1) is 9.72. The summed E-state index contributed by atoms with van der Waals surface area (Å²) in [6.45, 7) is 4.86. The van der Waals surface area contributed by atoms with Crippen LogP contribution in [0.1, 0.15) is 19.0 Å². The topological polar surface area (TPSA) is 49.2 Å². The van der Waals surface area contributed by atoms with Crippen molar-refractivity contribution in [1.82, 2.24) is 14.9 Å². The molecule has 3 heterocycles. The van der Waals surface area contributed by atoms with E-state index >= 15 is 0 Å². The van der Waals surface area contributed by atoms with Crippen molar-refractivity contribution in [2.45, 2.75) is 26.0 Å². The van der Waals surface area contributed by atoms with E-state index in [-0.39, 0.29) is 6.10 Å². The van der Waals surface area contributed by atoms with E-state index in [2.05, 4.69) is 27.2 Å². The summed E-state index contributed by atoms with van der Waals surface area (Å²) in [4.78, 5) is 11.4. The van der Waals surface area contributed by atoms with Crippen molar-refractivity contribution in [3.63, 3.8) is 0 Å². The molecule has 0 aliphatic carbocycles. The van der Waals surface area contributed by atoms with Gasteiger partial charge in [0.1, 0.15) is 5.01 Å². The molecule has 0 radical (unpaired) electrons. The zero-order chi connectivity index (χ0) is 13.9. The maximum absolute atomic E-state index is 9.77. The smallest absolute Gasteiger partial charge is 0.142 e. The van der Waals surface area contributed by atoms with Crippen LogP contribution in [0.25, 0.3) is 10.7 Å². The van der Waals surface area contributed by atoms with Gasteiger partial charge in [0.25, 0.3) is 0 Å². The average molecular weight is 289 g/mol. The van der Waals surface area contributed by atoms with Gasteiger partial charge in [0.2, 0.25) is 0 Å². The molecular formula is C15H19N3OS. The number of aromatic nitrogens is 2. The monoisotopic (exact) mass is 289 g/mol.